The number of hydrogen-bond donors (Lipinski definition) is 0. The molecule has 0 atom stereocenters. The third kappa shape index (κ3) is 5.36. The van der Waals surface area contributed by atoms with Crippen molar-refractivity contribution in [1.29, 1.82) is 0 Å². The zero-order valence-corrected chi connectivity index (χ0v) is 22.3. The Bertz CT molecular complexity index is 1730. The fourth-order valence-electron chi connectivity index (χ4n) is 4.10. The van der Waals surface area contributed by atoms with Gasteiger partial charge in [-0.3, -0.25) is 19.0 Å². The molecule has 11 heteroatoms. The summed E-state index contributed by atoms with van der Waals surface area (Å²) in [6, 6.07) is 19.8. The molecule has 2 aromatic heterocycles. The lowest BCUT2D eigenvalue weighted by Gasteiger charge is -2.23. The summed E-state index contributed by atoms with van der Waals surface area (Å²) < 4.78 is 56.4. The van der Waals surface area contributed by atoms with E-state index in [9.17, 15) is 22.0 Å². The van der Waals surface area contributed by atoms with E-state index < -0.39 is 27.6 Å². The van der Waals surface area contributed by atoms with Crippen LogP contribution in [0.15, 0.2) is 96.2 Å². The monoisotopic (exact) mass is 564 g/mol. The Hall–Kier alpha value is -4.22. The third-order valence-electron chi connectivity index (χ3n) is 5.96. The molecule has 0 saturated carbocycles. The second-order valence-electron chi connectivity index (χ2n) is 8.51. The number of sulfonamides is 1. The highest BCUT2D eigenvalue weighted by Crippen LogP contribution is 2.33. The van der Waals surface area contributed by atoms with E-state index in [0.29, 0.717) is 11.3 Å². The van der Waals surface area contributed by atoms with E-state index in [1.54, 1.807) is 61.8 Å². The molecule has 0 aliphatic carbocycles. The molecule has 0 N–H and O–H groups in total. The van der Waals surface area contributed by atoms with Crippen molar-refractivity contribution in [3.05, 3.63) is 114 Å². The molecule has 5 rings (SSSR count). The quantitative estimate of drug-likeness (QED) is 0.230. The average Bonchev–Trinajstić information content (AvgIpc) is 3.37. The largest absolute Gasteiger partial charge is 0.279 e. The number of pyridine rings is 1. The molecule has 5 aromatic rings. The van der Waals surface area contributed by atoms with Crippen LogP contribution in [0.2, 0.25) is 0 Å². The number of amides is 1. The van der Waals surface area contributed by atoms with E-state index in [2.05, 4.69) is 9.97 Å². The average molecular weight is 565 g/mol. The predicted octanol–water partition coefficient (Wildman–Crippen LogP) is 6.03. The van der Waals surface area contributed by atoms with Gasteiger partial charge >= 0.3 is 0 Å². The molecule has 0 spiro atoms. The van der Waals surface area contributed by atoms with Gasteiger partial charge in [0.1, 0.15) is 11.3 Å². The molecule has 3 aromatic carbocycles. The van der Waals surface area contributed by atoms with Crippen LogP contribution < -0.4 is 9.21 Å². The van der Waals surface area contributed by atoms with Crippen LogP contribution in [0, 0.1) is 11.6 Å². The van der Waals surface area contributed by atoms with Crippen molar-refractivity contribution >= 4 is 48.3 Å². The van der Waals surface area contributed by atoms with Crippen molar-refractivity contribution in [1.82, 2.24) is 9.97 Å². The number of para-hydroxylation sites is 1. The topological polar surface area (TPSA) is 83.5 Å². The minimum absolute atomic E-state index is 0.0288. The Morgan fingerprint density at radius 1 is 0.974 bits per heavy atom. The fourth-order valence-corrected chi connectivity index (χ4v) is 6.58. The first-order valence-electron chi connectivity index (χ1n) is 11.9. The van der Waals surface area contributed by atoms with E-state index in [0.717, 1.165) is 23.5 Å². The van der Waals surface area contributed by atoms with Crippen LogP contribution in [-0.2, 0) is 16.6 Å². The molecule has 0 aliphatic rings. The molecule has 7 nitrogen and oxygen atoms in total. The number of thiazole rings is 1. The maximum absolute atomic E-state index is 14.4. The van der Waals surface area contributed by atoms with Crippen LogP contribution in [-0.4, -0.2) is 30.8 Å². The van der Waals surface area contributed by atoms with Crippen molar-refractivity contribution < 1.29 is 22.0 Å². The number of hydrogen-bond acceptors (Lipinski definition) is 6. The highest BCUT2D eigenvalue weighted by atomic mass is 32.2. The third-order valence-corrected chi connectivity index (χ3v) is 8.90. The van der Waals surface area contributed by atoms with E-state index in [1.165, 1.54) is 33.5 Å². The van der Waals surface area contributed by atoms with Crippen molar-refractivity contribution in [2.45, 2.75) is 18.4 Å². The molecule has 0 bridgehead atoms. The van der Waals surface area contributed by atoms with Gasteiger partial charge in [0.15, 0.2) is 10.9 Å². The van der Waals surface area contributed by atoms with Gasteiger partial charge in [0.05, 0.1) is 21.8 Å². The summed E-state index contributed by atoms with van der Waals surface area (Å²) in [5.74, 6) is -2.05. The summed E-state index contributed by atoms with van der Waals surface area (Å²) in [5, 5.41) is 0.168. The molecular formula is C28H22F2N4O3S2. The Balaban J connectivity index is 1.50. The van der Waals surface area contributed by atoms with Crippen LogP contribution >= 0.6 is 11.3 Å². The number of rotatable bonds is 8. The summed E-state index contributed by atoms with van der Waals surface area (Å²) >= 11 is 0.979. The Morgan fingerprint density at radius 3 is 2.38 bits per heavy atom. The zero-order chi connectivity index (χ0) is 27.6. The smallest absolute Gasteiger partial charge is 0.264 e. The van der Waals surface area contributed by atoms with Gasteiger partial charge in [0.25, 0.3) is 15.9 Å². The standard InChI is InChI=1S/C28H22F2N4O3S2/c1-2-34(22-8-4-3-5-9-22)39(36,37)23-12-10-20(11-13-23)27(35)33(18-19-7-6-14-31-17-19)28-32-26-24(30)15-21(29)16-25(26)38-28/h3-17H,2,18H2,1H3. The van der Waals surface area contributed by atoms with Crippen molar-refractivity contribution in [3.63, 3.8) is 0 Å². The number of carbonyl (C=O) groups excluding carboxylic acids is 1. The highest BCUT2D eigenvalue weighted by Gasteiger charge is 2.26. The van der Waals surface area contributed by atoms with Crippen LogP contribution in [0.4, 0.5) is 19.6 Å². The Labute approximate surface area is 228 Å². The molecule has 0 unspecified atom stereocenters. The number of carbonyl (C=O) groups is 1. The summed E-state index contributed by atoms with van der Waals surface area (Å²) in [6.07, 6.45) is 3.19. The molecular weight excluding hydrogens is 542 g/mol. The van der Waals surface area contributed by atoms with Gasteiger partial charge in [-0.1, -0.05) is 35.6 Å². The summed E-state index contributed by atoms with van der Waals surface area (Å²) in [6.45, 7) is 2.03. The van der Waals surface area contributed by atoms with Gasteiger partial charge in [-0.25, -0.2) is 22.2 Å². The molecule has 0 aliphatic heterocycles. The van der Waals surface area contributed by atoms with Gasteiger partial charge < -0.3 is 0 Å². The lowest BCUT2D eigenvalue weighted by molar-refractivity contribution is 0.0985. The molecule has 0 fully saturated rings. The normalized spacial score (nSPS) is 11.5. The Kier molecular flexibility index (Phi) is 7.36. The van der Waals surface area contributed by atoms with Crippen LogP contribution in [0.5, 0.6) is 0 Å². The van der Waals surface area contributed by atoms with Crippen LogP contribution in [0.3, 0.4) is 0 Å². The van der Waals surface area contributed by atoms with Crippen molar-refractivity contribution in [2.75, 3.05) is 15.7 Å². The molecule has 198 valence electrons. The first-order chi connectivity index (χ1) is 18.8. The number of halogens is 2. The van der Waals surface area contributed by atoms with Gasteiger partial charge in [0, 0.05) is 30.6 Å². The number of nitrogens with zero attached hydrogens (tertiary/aromatic N) is 4. The second kappa shape index (κ2) is 10.9. The van der Waals surface area contributed by atoms with E-state index in [4.69, 9.17) is 0 Å². The molecule has 0 radical (unpaired) electrons. The first-order valence-corrected chi connectivity index (χ1v) is 14.2. The lowest BCUT2D eigenvalue weighted by atomic mass is 10.2. The van der Waals surface area contributed by atoms with Crippen LogP contribution in [0.1, 0.15) is 22.8 Å². The number of aromatic nitrogens is 2. The fraction of sp³-hybridized carbons (Fsp3) is 0.107. The molecule has 39 heavy (non-hydrogen) atoms. The highest BCUT2D eigenvalue weighted by molar-refractivity contribution is 7.92. The first kappa shape index (κ1) is 26.4. The zero-order valence-electron chi connectivity index (χ0n) is 20.7. The van der Waals surface area contributed by atoms with Gasteiger partial charge in [-0.2, -0.15) is 0 Å². The molecule has 2 heterocycles. The second-order valence-corrected chi connectivity index (χ2v) is 11.4. The lowest BCUT2D eigenvalue weighted by Crippen LogP contribution is -2.31. The van der Waals surface area contributed by atoms with E-state index in [1.807, 2.05) is 0 Å². The van der Waals surface area contributed by atoms with Gasteiger partial charge in [0.2, 0.25) is 0 Å². The Morgan fingerprint density at radius 2 is 1.72 bits per heavy atom. The minimum Gasteiger partial charge on any atom is -0.279 e. The van der Waals surface area contributed by atoms with Gasteiger partial charge in [-0.15, -0.1) is 0 Å². The number of fused-ring (bicyclic) bond motifs is 1. The number of anilines is 2. The summed E-state index contributed by atoms with van der Waals surface area (Å²) in [7, 11) is -3.88. The van der Waals surface area contributed by atoms with Crippen molar-refractivity contribution in [3.8, 4) is 0 Å². The summed E-state index contributed by atoms with van der Waals surface area (Å²) in [4.78, 5) is 23.4. The maximum Gasteiger partial charge on any atom is 0.264 e. The van der Waals surface area contributed by atoms with E-state index in [-0.39, 0.29) is 38.9 Å². The van der Waals surface area contributed by atoms with Crippen LogP contribution in [0.25, 0.3) is 10.2 Å². The van der Waals surface area contributed by atoms with E-state index >= 15 is 0 Å². The maximum atomic E-state index is 14.4. The molecule has 0 saturated heterocycles. The minimum atomic E-state index is -3.88. The SMILES string of the molecule is CCN(c1ccccc1)S(=O)(=O)c1ccc(C(=O)N(Cc2cccnc2)c2nc3c(F)cc(F)cc3s2)cc1. The predicted molar refractivity (Wildman–Crippen MR) is 147 cm³/mol. The summed E-state index contributed by atoms with van der Waals surface area (Å²) in [5.41, 5.74) is 1.38. The van der Waals surface area contributed by atoms with Crippen molar-refractivity contribution in [2.24, 2.45) is 0 Å². The molecule has 1 amide bonds. The number of benzene rings is 3. The van der Waals surface area contributed by atoms with Gasteiger partial charge in [-0.05, 0) is 61.0 Å².